The second kappa shape index (κ2) is 7.52. The van der Waals surface area contributed by atoms with Crippen LogP contribution >= 0.6 is 0 Å². The second-order valence-electron chi connectivity index (χ2n) is 6.90. The van der Waals surface area contributed by atoms with Gasteiger partial charge in [0.05, 0.1) is 0 Å². The molecular formula is C21H20F2N4O. The van der Waals surface area contributed by atoms with E-state index in [9.17, 15) is 13.6 Å². The summed E-state index contributed by atoms with van der Waals surface area (Å²) in [7, 11) is 0. The first-order valence-electron chi connectivity index (χ1n) is 9.19. The maximum Gasteiger partial charge on any atom is 0.197 e. The van der Waals surface area contributed by atoms with Crippen molar-refractivity contribution in [1.82, 2.24) is 15.3 Å². The molecular weight excluding hydrogens is 362 g/mol. The van der Waals surface area contributed by atoms with Crippen LogP contribution in [0, 0.1) is 11.6 Å². The van der Waals surface area contributed by atoms with Crippen molar-refractivity contribution in [2.45, 2.75) is 18.8 Å². The number of aromatic amines is 1. The number of hydrogen-bond donors (Lipinski definition) is 3. The van der Waals surface area contributed by atoms with E-state index in [1.807, 2.05) is 12.3 Å². The first kappa shape index (κ1) is 18.3. The van der Waals surface area contributed by atoms with Crippen LogP contribution in [-0.2, 0) is 0 Å². The summed E-state index contributed by atoms with van der Waals surface area (Å²) in [6.45, 7) is 1.89. The zero-order valence-corrected chi connectivity index (χ0v) is 15.1. The van der Waals surface area contributed by atoms with Crippen LogP contribution in [-0.4, -0.2) is 28.8 Å². The number of halogens is 2. The topological polar surface area (TPSA) is 83.8 Å². The Balaban J connectivity index is 1.75. The number of pyridine rings is 1. The summed E-state index contributed by atoms with van der Waals surface area (Å²) in [5.74, 6) is -2.23. The number of nitrogens with one attached hydrogen (secondary N) is 2. The standard InChI is InChI=1S/C21H20F2N4O/c22-18-3-1-2-14(19(18)23)16(9-24)20(28)17-11-27-21-15(17)8-13(10-26-21)12-4-6-25-7-5-12/h1-3,8-12,25H,4-7,24H2,(H,26,27). The Morgan fingerprint density at radius 2 is 2.00 bits per heavy atom. The Kier molecular flexibility index (Phi) is 4.92. The summed E-state index contributed by atoms with van der Waals surface area (Å²) in [6, 6.07) is 5.63. The molecule has 7 heteroatoms. The molecule has 4 rings (SSSR count). The zero-order valence-electron chi connectivity index (χ0n) is 15.1. The Labute approximate surface area is 160 Å². The van der Waals surface area contributed by atoms with Crippen LogP contribution in [0.5, 0.6) is 0 Å². The predicted octanol–water partition coefficient (Wildman–Crippen LogP) is 3.49. The summed E-state index contributed by atoms with van der Waals surface area (Å²) < 4.78 is 27.8. The third-order valence-corrected chi connectivity index (χ3v) is 5.26. The van der Waals surface area contributed by atoms with Crippen molar-refractivity contribution in [2.75, 3.05) is 13.1 Å². The highest BCUT2D eigenvalue weighted by Gasteiger charge is 2.23. The van der Waals surface area contributed by atoms with Gasteiger partial charge in [0.1, 0.15) is 5.65 Å². The minimum atomic E-state index is -1.10. The molecule has 0 saturated carbocycles. The summed E-state index contributed by atoms with van der Waals surface area (Å²) in [5.41, 5.74) is 7.33. The molecule has 2 aromatic heterocycles. The van der Waals surface area contributed by atoms with Crippen LogP contribution in [0.2, 0.25) is 0 Å². The third kappa shape index (κ3) is 3.18. The lowest BCUT2D eigenvalue weighted by Gasteiger charge is -2.22. The Morgan fingerprint density at radius 3 is 2.75 bits per heavy atom. The molecule has 0 radical (unpaired) electrons. The molecule has 4 N–H and O–H groups in total. The summed E-state index contributed by atoms with van der Waals surface area (Å²) in [5, 5.41) is 3.98. The molecule has 1 aliphatic heterocycles. The first-order valence-corrected chi connectivity index (χ1v) is 9.19. The number of rotatable bonds is 4. The molecule has 3 aromatic rings. The van der Waals surface area contributed by atoms with E-state index in [-0.39, 0.29) is 11.1 Å². The Bertz CT molecular complexity index is 1070. The van der Waals surface area contributed by atoms with Crippen LogP contribution in [0.25, 0.3) is 16.6 Å². The van der Waals surface area contributed by atoms with Crippen LogP contribution in [0.3, 0.4) is 0 Å². The number of hydrogen-bond acceptors (Lipinski definition) is 4. The Hall–Kier alpha value is -3.06. The van der Waals surface area contributed by atoms with Gasteiger partial charge in [0, 0.05) is 40.7 Å². The van der Waals surface area contributed by atoms with Gasteiger partial charge in [-0.3, -0.25) is 4.79 Å². The molecule has 1 aromatic carbocycles. The van der Waals surface area contributed by atoms with Crippen LogP contribution in [0.1, 0.15) is 40.2 Å². The number of aromatic nitrogens is 2. The smallest absolute Gasteiger partial charge is 0.197 e. The van der Waals surface area contributed by atoms with E-state index >= 15 is 0 Å². The molecule has 1 aliphatic rings. The lowest BCUT2D eigenvalue weighted by molar-refractivity contribution is 0.105. The number of allylic oxidation sites excluding steroid dienone is 1. The summed E-state index contributed by atoms with van der Waals surface area (Å²) in [6.07, 6.45) is 6.39. The minimum Gasteiger partial charge on any atom is -0.404 e. The average Bonchev–Trinajstić information content (AvgIpc) is 3.15. The fraction of sp³-hybridized carbons (Fsp3) is 0.238. The maximum atomic E-state index is 14.2. The monoisotopic (exact) mass is 382 g/mol. The number of H-pyrrole nitrogens is 1. The van der Waals surface area contributed by atoms with Gasteiger partial charge in [0.15, 0.2) is 17.4 Å². The van der Waals surface area contributed by atoms with Gasteiger partial charge >= 0.3 is 0 Å². The number of Topliss-reactive ketones (excluding diaryl/α,β-unsaturated/α-hetero) is 1. The average molecular weight is 382 g/mol. The number of ketones is 1. The predicted molar refractivity (Wildman–Crippen MR) is 104 cm³/mol. The van der Waals surface area contributed by atoms with Crippen LogP contribution in [0.4, 0.5) is 8.78 Å². The highest BCUT2D eigenvalue weighted by atomic mass is 19.2. The second-order valence-corrected chi connectivity index (χ2v) is 6.90. The van der Waals surface area contributed by atoms with Gasteiger partial charge in [-0.05, 0) is 49.5 Å². The molecule has 0 spiro atoms. The first-order chi connectivity index (χ1) is 13.6. The van der Waals surface area contributed by atoms with E-state index in [0.29, 0.717) is 22.5 Å². The SMILES string of the molecule is NC=C(C(=O)c1c[nH]c2ncc(C3CCNCC3)cc12)c1cccc(F)c1F. The molecule has 1 saturated heterocycles. The molecule has 144 valence electrons. The normalized spacial score (nSPS) is 15.9. The van der Waals surface area contributed by atoms with Crippen molar-refractivity contribution in [2.24, 2.45) is 5.73 Å². The van der Waals surface area contributed by atoms with E-state index in [4.69, 9.17) is 5.73 Å². The van der Waals surface area contributed by atoms with Crippen molar-refractivity contribution >= 4 is 22.4 Å². The molecule has 0 amide bonds. The molecule has 1 fully saturated rings. The largest absolute Gasteiger partial charge is 0.404 e. The highest BCUT2D eigenvalue weighted by Crippen LogP contribution is 2.30. The number of carbonyl (C=O) groups excluding carboxylic acids is 1. The quantitative estimate of drug-likeness (QED) is 0.476. The zero-order chi connectivity index (χ0) is 19.7. The lowest BCUT2D eigenvalue weighted by atomic mass is 9.90. The number of nitrogens with two attached hydrogens (primary N) is 1. The van der Waals surface area contributed by atoms with Crippen molar-refractivity contribution in [3.8, 4) is 0 Å². The van der Waals surface area contributed by atoms with Gasteiger partial charge in [-0.2, -0.15) is 0 Å². The fourth-order valence-electron chi connectivity index (χ4n) is 3.73. The lowest BCUT2D eigenvalue weighted by Crippen LogP contribution is -2.26. The van der Waals surface area contributed by atoms with E-state index in [0.717, 1.165) is 43.8 Å². The highest BCUT2D eigenvalue weighted by molar-refractivity contribution is 6.32. The van der Waals surface area contributed by atoms with Crippen molar-refractivity contribution in [3.05, 3.63) is 71.2 Å². The molecule has 0 unspecified atom stereocenters. The summed E-state index contributed by atoms with van der Waals surface area (Å²) >= 11 is 0. The van der Waals surface area contributed by atoms with Crippen molar-refractivity contribution in [1.29, 1.82) is 0 Å². The van der Waals surface area contributed by atoms with Gasteiger partial charge in [-0.25, -0.2) is 13.8 Å². The van der Waals surface area contributed by atoms with Gasteiger partial charge < -0.3 is 16.0 Å². The van der Waals surface area contributed by atoms with E-state index in [1.165, 1.54) is 18.3 Å². The summed E-state index contributed by atoms with van der Waals surface area (Å²) in [4.78, 5) is 20.5. The molecule has 0 bridgehead atoms. The molecule has 5 nitrogen and oxygen atoms in total. The van der Waals surface area contributed by atoms with Crippen molar-refractivity contribution < 1.29 is 13.6 Å². The Morgan fingerprint density at radius 1 is 1.21 bits per heavy atom. The molecule has 3 heterocycles. The fourth-order valence-corrected chi connectivity index (χ4v) is 3.73. The number of fused-ring (bicyclic) bond motifs is 1. The third-order valence-electron chi connectivity index (χ3n) is 5.26. The van der Waals surface area contributed by atoms with E-state index < -0.39 is 17.4 Å². The minimum absolute atomic E-state index is 0.0924. The van der Waals surface area contributed by atoms with Crippen LogP contribution in [0.15, 0.2) is 42.9 Å². The maximum absolute atomic E-state index is 14.2. The number of carbonyl (C=O) groups is 1. The molecule has 0 atom stereocenters. The molecule has 0 aliphatic carbocycles. The van der Waals surface area contributed by atoms with Gasteiger partial charge in [0.25, 0.3) is 0 Å². The van der Waals surface area contributed by atoms with Gasteiger partial charge in [0.2, 0.25) is 0 Å². The number of piperidine rings is 1. The number of nitrogens with zero attached hydrogens (tertiary/aromatic N) is 1. The van der Waals surface area contributed by atoms with E-state index in [1.54, 1.807) is 0 Å². The van der Waals surface area contributed by atoms with Crippen LogP contribution < -0.4 is 11.1 Å². The van der Waals surface area contributed by atoms with Gasteiger partial charge in [-0.15, -0.1) is 0 Å². The molecule has 28 heavy (non-hydrogen) atoms. The van der Waals surface area contributed by atoms with Gasteiger partial charge in [-0.1, -0.05) is 12.1 Å². The van der Waals surface area contributed by atoms with E-state index in [2.05, 4.69) is 15.3 Å². The van der Waals surface area contributed by atoms with Crippen molar-refractivity contribution in [3.63, 3.8) is 0 Å². The number of benzene rings is 1.